The van der Waals surface area contributed by atoms with Gasteiger partial charge in [0.2, 0.25) is 5.91 Å². The Morgan fingerprint density at radius 3 is 2.43 bits per heavy atom. The molecule has 0 saturated carbocycles. The van der Waals surface area contributed by atoms with Crippen molar-refractivity contribution in [3.05, 3.63) is 77.5 Å². The van der Waals surface area contributed by atoms with Crippen LogP contribution in [0.4, 0.5) is 10.2 Å². The van der Waals surface area contributed by atoms with Gasteiger partial charge in [0.25, 0.3) is 5.91 Å². The molecule has 2 aromatic carbocycles. The van der Waals surface area contributed by atoms with Crippen molar-refractivity contribution in [3.8, 4) is 11.5 Å². The molecule has 2 fully saturated rings. The number of carbonyl (C=O) groups excluding carboxylic acids is 2. The molecule has 8 nitrogen and oxygen atoms in total. The number of amides is 2. The number of benzene rings is 2. The Hall–Kier alpha value is -4.01. The van der Waals surface area contributed by atoms with Crippen LogP contribution in [0.3, 0.4) is 0 Å². The van der Waals surface area contributed by atoms with Crippen LogP contribution in [0, 0.1) is 18.2 Å². The van der Waals surface area contributed by atoms with E-state index in [4.69, 9.17) is 4.74 Å². The van der Waals surface area contributed by atoms with Gasteiger partial charge < -0.3 is 19.4 Å². The summed E-state index contributed by atoms with van der Waals surface area (Å²) in [5.41, 5.74) is 2.58. The van der Waals surface area contributed by atoms with E-state index < -0.39 is 5.82 Å². The molecule has 0 unspecified atom stereocenters. The van der Waals surface area contributed by atoms with Gasteiger partial charge in [-0.1, -0.05) is 29.8 Å². The fourth-order valence-corrected chi connectivity index (χ4v) is 6.18. The van der Waals surface area contributed by atoms with Crippen molar-refractivity contribution < 1.29 is 18.7 Å². The second-order valence-corrected chi connectivity index (χ2v) is 12.3. The van der Waals surface area contributed by atoms with Gasteiger partial charge in [-0.05, 0) is 71.2 Å². The molecule has 2 aliphatic rings. The average Bonchev–Trinajstić information content (AvgIpc) is 3.39. The van der Waals surface area contributed by atoms with Crippen molar-refractivity contribution >= 4 is 17.6 Å². The lowest BCUT2D eigenvalue weighted by atomic mass is 9.79. The van der Waals surface area contributed by atoms with Crippen molar-refractivity contribution in [1.82, 2.24) is 19.8 Å². The summed E-state index contributed by atoms with van der Waals surface area (Å²) in [5, 5.41) is 0. The Kier molecular flexibility index (Phi) is 8.48. The van der Waals surface area contributed by atoms with Gasteiger partial charge in [-0.25, -0.2) is 14.4 Å². The summed E-state index contributed by atoms with van der Waals surface area (Å²) in [4.78, 5) is 40.9. The lowest BCUT2D eigenvalue weighted by Gasteiger charge is -2.48. The smallest absolute Gasteiger partial charge is 0.258 e. The number of anilines is 1. The van der Waals surface area contributed by atoms with Crippen LogP contribution in [-0.2, 0) is 11.2 Å². The quantitative estimate of drug-likeness (QED) is 0.329. The van der Waals surface area contributed by atoms with E-state index in [1.807, 2.05) is 32.6 Å². The summed E-state index contributed by atoms with van der Waals surface area (Å²) >= 11 is 0. The highest BCUT2D eigenvalue weighted by atomic mass is 19.1. The molecule has 3 aromatic rings. The van der Waals surface area contributed by atoms with Crippen LogP contribution < -0.4 is 9.64 Å². The van der Waals surface area contributed by atoms with Crippen molar-refractivity contribution in [2.75, 3.05) is 31.1 Å². The van der Waals surface area contributed by atoms with Crippen molar-refractivity contribution in [2.24, 2.45) is 5.41 Å². The molecule has 2 saturated heterocycles. The zero-order valence-electron chi connectivity index (χ0n) is 25.1. The van der Waals surface area contributed by atoms with Gasteiger partial charge in [0.05, 0.1) is 11.8 Å². The average molecular weight is 574 g/mol. The molecular formula is C33H40FN5O3. The van der Waals surface area contributed by atoms with Gasteiger partial charge in [0.1, 0.15) is 17.9 Å². The van der Waals surface area contributed by atoms with Gasteiger partial charge in [0, 0.05) is 50.1 Å². The van der Waals surface area contributed by atoms with E-state index in [1.165, 1.54) is 35.7 Å². The molecule has 0 aliphatic carbocycles. The van der Waals surface area contributed by atoms with Crippen LogP contribution in [0.1, 0.15) is 62.0 Å². The summed E-state index contributed by atoms with van der Waals surface area (Å²) in [6.07, 6.45) is 5.24. The molecule has 42 heavy (non-hydrogen) atoms. The molecule has 1 aromatic heterocycles. The molecule has 9 heteroatoms. The van der Waals surface area contributed by atoms with E-state index in [9.17, 15) is 14.0 Å². The fourth-order valence-electron chi connectivity index (χ4n) is 6.18. The van der Waals surface area contributed by atoms with E-state index in [1.54, 1.807) is 11.1 Å². The Morgan fingerprint density at radius 1 is 1.02 bits per heavy atom. The number of likely N-dealkylation sites (tertiary alicyclic amines) is 1. The summed E-state index contributed by atoms with van der Waals surface area (Å²) in [6, 6.07) is 12.2. The lowest BCUT2D eigenvalue weighted by Crippen LogP contribution is -2.58. The first-order chi connectivity index (χ1) is 20.0. The number of nitrogens with zero attached hydrogens (tertiary/aromatic N) is 5. The summed E-state index contributed by atoms with van der Waals surface area (Å²) in [6.45, 7) is 12.8. The van der Waals surface area contributed by atoms with E-state index >= 15 is 0 Å². The van der Waals surface area contributed by atoms with Crippen LogP contribution in [0.15, 0.2) is 55.0 Å². The SMILES string of the molecule is Cc1ccc(CCC(=O)N2CCC3(C2)CN(c2ncncc2Oc2ccc(F)cc2C(=O)N(C(C)C)C(C)C)C3)cc1. The van der Waals surface area contributed by atoms with Crippen LogP contribution in [0.5, 0.6) is 11.5 Å². The van der Waals surface area contributed by atoms with Crippen LogP contribution in [0.2, 0.25) is 0 Å². The molecule has 2 aliphatic heterocycles. The molecule has 5 rings (SSSR count). The third kappa shape index (κ3) is 6.25. The normalized spacial score (nSPS) is 15.8. The third-order valence-corrected chi connectivity index (χ3v) is 8.29. The van der Waals surface area contributed by atoms with Crippen molar-refractivity contribution in [2.45, 2.75) is 66.0 Å². The predicted molar refractivity (Wildman–Crippen MR) is 160 cm³/mol. The standard InChI is InChI=1S/C33H40FN5O3/c1-22(2)39(23(3)4)32(41)27-16-26(34)11-12-28(27)42-29-17-35-21-36-31(29)38-19-33(20-38)14-15-37(18-33)30(40)13-10-25-8-6-24(5)7-9-25/h6-9,11-12,16-17,21-23H,10,13-15,18-20H2,1-5H3. The maximum atomic E-state index is 14.3. The summed E-state index contributed by atoms with van der Waals surface area (Å²) in [5.74, 6) is 0.665. The maximum absolute atomic E-state index is 14.3. The van der Waals surface area contributed by atoms with Gasteiger partial charge in [0.15, 0.2) is 11.6 Å². The molecular weight excluding hydrogens is 533 g/mol. The Bertz CT molecular complexity index is 1430. The summed E-state index contributed by atoms with van der Waals surface area (Å²) in [7, 11) is 0. The van der Waals surface area contributed by atoms with Gasteiger partial charge >= 0.3 is 0 Å². The highest BCUT2D eigenvalue weighted by Crippen LogP contribution is 2.44. The molecule has 3 heterocycles. The minimum absolute atomic E-state index is 0.0216. The van der Waals surface area contributed by atoms with Gasteiger partial charge in [-0.2, -0.15) is 0 Å². The maximum Gasteiger partial charge on any atom is 0.258 e. The number of carbonyl (C=O) groups is 2. The van der Waals surface area contributed by atoms with Crippen LogP contribution in [0.25, 0.3) is 0 Å². The first kappa shape index (κ1) is 29.5. The third-order valence-electron chi connectivity index (χ3n) is 8.29. The first-order valence-electron chi connectivity index (χ1n) is 14.7. The molecule has 222 valence electrons. The molecule has 0 bridgehead atoms. The van der Waals surface area contributed by atoms with Crippen LogP contribution >= 0.6 is 0 Å². The number of aryl methyl sites for hydroxylation is 2. The van der Waals surface area contributed by atoms with Crippen molar-refractivity contribution in [3.63, 3.8) is 0 Å². The Balaban J connectivity index is 1.25. The second kappa shape index (κ2) is 12.1. The predicted octanol–water partition coefficient (Wildman–Crippen LogP) is 5.65. The second-order valence-electron chi connectivity index (χ2n) is 12.3. The van der Waals surface area contributed by atoms with E-state index in [-0.39, 0.29) is 40.6 Å². The number of hydrogen-bond acceptors (Lipinski definition) is 6. The first-order valence-corrected chi connectivity index (χ1v) is 14.7. The number of aromatic nitrogens is 2. The molecule has 1 spiro atoms. The Labute approximate surface area is 247 Å². The minimum atomic E-state index is -0.508. The highest BCUT2D eigenvalue weighted by molar-refractivity contribution is 5.97. The molecule has 0 atom stereocenters. The van der Waals surface area contributed by atoms with E-state index in [2.05, 4.69) is 46.1 Å². The monoisotopic (exact) mass is 573 g/mol. The molecule has 2 amide bonds. The zero-order valence-corrected chi connectivity index (χ0v) is 25.1. The number of hydrogen-bond donors (Lipinski definition) is 0. The topological polar surface area (TPSA) is 78.9 Å². The van der Waals surface area contributed by atoms with E-state index in [0.717, 1.165) is 39.0 Å². The number of rotatable bonds is 9. The largest absolute Gasteiger partial charge is 0.451 e. The molecule has 0 radical (unpaired) electrons. The van der Waals surface area contributed by atoms with E-state index in [0.29, 0.717) is 18.0 Å². The highest BCUT2D eigenvalue weighted by Gasteiger charge is 2.49. The van der Waals surface area contributed by atoms with Crippen molar-refractivity contribution in [1.29, 1.82) is 0 Å². The Morgan fingerprint density at radius 2 is 1.74 bits per heavy atom. The lowest BCUT2D eigenvalue weighted by molar-refractivity contribution is -0.130. The zero-order chi connectivity index (χ0) is 30.0. The molecule has 0 N–H and O–H groups in total. The minimum Gasteiger partial charge on any atom is -0.451 e. The number of ether oxygens (including phenoxy) is 1. The van der Waals surface area contributed by atoms with Crippen LogP contribution in [-0.4, -0.2) is 69.8 Å². The van der Waals surface area contributed by atoms with Gasteiger partial charge in [-0.3, -0.25) is 9.59 Å². The summed E-state index contributed by atoms with van der Waals surface area (Å²) < 4.78 is 20.5. The number of halogens is 1. The van der Waals surface area contributed by atoms with Gasteiger partial charge in [-0.15, -0.1) is 0 Å². The fraction of sp³-hybridized carbons (Fsp3) is 0.455.